The highest BCUT2D eigenvalue weighted by Gasteiger charge is 2.10. The van der Waals surface area contributed by atoms with Crippen molar-refractivity contribution in [1.29, 1.82) is 0 Å². The van der Waals surface area contributed by atoms with Crippen LogP contribution in [-0.4, -0.2) is 14.1 Å². The van der Waals surface area contributed by atoms with Gasteiger partial charge in [-0.3, -0.25) is 0 Å². The standard InChI is InChI=1S/C19H22N4S/c1-23(2)16-6-4-15(5-7-16)22-10-13-11-24-12-18(13)17-9-14(20)3-8-19(17)21/h3-9,11-12,22H,10,20-21H2,1-2H3. The highest BCUT2D eigenvalue weighted by molar-refractivity contribution is 7.08. The second-order valence-corrected chi connectivity index (χ2v) is 6.70. The van der Waals surface area contributed by atoms with Crippen molar-refractivity contribution >= 4 is 34.1 Å². The van der Waals surface area contributed by atoms with Gasteiger partial charge in [-0.15, -0.1) is 0 Å². The lowest BCUT2D eigenvalue weighted by Crippen LogP contribution is -2.08. The van der Waals surface area contributed by atoms with Crippen molar-refractivity contribution < 1.29 is 0 Å². The van der Waals surface area contributed by atoms with Crippen molar-refractivity contribution in [2.45, 2.75) is 6.54 Å². The minimum atomic E-state index is 0.726. The molecule has 0 bridgehead atoms. The summed E-state index contributed by atoms with van der Waals surface area (Å²) in [6, 6.07) is 14.0. The minimum Gasteiger partial charge on any atom is -0.399 e. The van der Waals surface area contributed by atoms with Crippen molar-refractivity contribution in [2.24, 2.45) is 0 Å². The van der Waals surface area contributed by atoms with E-state index in [0.717, 1.165) is 34.7 Å². The van der Waals surface area contributed by atoms with Crippen molar-refractivity contribution in [3.63, 3.8) is 0 Å². The van der Waals surface area contributed by atoms with Crippen molar-refractivity contribution in [2.75, 3.05) is 35.8 Å². The molecule has 0 aliphatic heterocycles. The zero-order valence-corrected chi connectivity index (χ0v) is 14.7. The molecule has 5 heteroatoms. The highest BCUT2D eigenvalue weighted by atomic mass is 32.1. The van der Waals surface area contributed by atoms with Crippen LogP contribution in [0.5, 0.6) is 0 Å². The average molecular weight is 338 g/mol. The van der Waals surface area contributed by atoms with Gasteiger partial charge < -0.3 is 21.7 Å². The Labute approximate surface area is 146 Å². The van der Waals surface area contributed by atoms with Crippen LogP contribution in [0.4, 0.5) is 22.7 Å². The van der Waals surface area contributed by atoms with E-state index < -0.39 is 0 Å². The number of hydrogen-bond acceptors (Lipinski definition) is 5. The molecule has 5 N–H and O–H groups in total. The van der Waals surface area contributed by atoms with Gasteiger partial charge in [-0.2, -0.15) is 11.3 Å². The Morgan fingerprint density at radius 1 is 0.958 bits per heavy atom. The number of nitrogens with zero attached hydrogens (tertiary/aromatic N) is 1. The Balaban J connectivity index is 1.77. The zero-order valence-electron chi connectivity index (χ0n) is 13.9. The lowest BCUT2D eigenvalue weighted by Gasteiger charge is -2.14. The molecule has 0 aliphatic carbocycles. The van der Waals surface area contributed by atoms with E-state index in [9.17, 15) is 0 Å². The maximum absolute atomic E-state index is 6.13. The molecule has 0 radical (unpaired) electrons. The summed E-state index contributed by atoms with van der Waals surface area (Å²) in [5, 5.41) is 7.75. The first-order valence-electron chi connectivity index (χ1n) is 7.76. The second kappa shape index (κ2) is 6.84. The van der Waals surface area contributed by atoms with Gasteiger partial charge in [-0.1, -0.05) is 0 Å². The predicted octanol–water partition coefficient (Wildman–Crippen LogP) is 4.26. The van der Waals surface area contributed by atoms with Gasteiger partial charge in [0.05, 0.1) is 0 Å². The van der Waals surface area contributed by atoms with Crippen molar-refractivity contribution in [1.82, 2.24) is 0 Å². The van der Waals surface area contributed by atoms with Crippen LogP contribution in [0.25, 0.3) is 11.1 Å². The third kappa shape index (κ3) is 3.46. The molecule has 0 spiro atoms. The van der Waals surface area contributed by atoms with E-state index in [2.05, 4.69) is 45.2 Å². The Hall–Kier alpha value is -2.66. The summed E-state index contributed by atoms with van der Waals surface area (Å²) in [5.41, 5.74) is 19.2. The van der Waals surface area contributed by atoms with Gasteiger partial charge >= 0.3 is 0 Å². The minimum absolute atomic E-state index is 0.726. The first kappa shape index (κ1) is 16.2. The number of nitrogens with one attached hydrogen (secondary N) is 1. The van der Waals surface area contributed by atoms with Crippen LogP contribution in [0, 0.1) is 0 Å². The summed E-state index contributed by atoms with van der Waals surface area (Å²) in [6.07, 6.45) is 0. The van der Waals surface area contributed by atoms with Crippen molar-refractivity contribution in [3.05, 3.63) is 58.8 Å². The monoisotopic (exact) mass is 338 g/mol. The van der Waals surface area contributed by atoms with E-state index in [1.165, 1.54) is 11.3 Å². The quantitative estimate of drug-likeness (QED) is 0.608. The van der Waals surface area contributed by atoms with E-state index >= 15 is 0 Å². The Morgan fingerprint density at radius 2 is 1.71 bits per heavy atom. The molecule has 1 aromatic heterocycles. The molecule has 124 valence electrons. The summed E-state index contributed by atoms with van der Waals surface area (Å²) in [7, 11) is 4.08. The topological polar surface area (TPSA) is 67.3 Å². The smallest absolute Gasteiger partial charge is 0.0415 e. The summed E-state index contributed by atoms with van der Waals surface area (Å²) in [4.78, 5) is 2.09. The number of anilines is 4. The SMILES string of the molecule is CN(C)c1ccc(NCc2cscc2-c2cc(N)ccc2N)cc1. The van der Waals surface area contributed by atoms with Crippen LogP contribution in [-0.2, 0) is 6.54 Å². The molecule has 4 nitrogen and oxygen atoms in total. The van der Waals surface area contributed by atoms with Gasteiger partial charge in [0, 0.05) is 49.0 Å². The lowest BCUT2D eigenvalue weighted by atomic mass is 10.0. The Bertz CT molecular complexity index is 822. The summed E-state index contributed by atoms with van der Waals surface area (Å²) in [5.74, 6) is 0. The van der Waals surface area contributed by atoms with Gasteiger partial charge in [-0.25, -0.2) is 0 Å². The molecular formula is C19H22N4S. The predicted molar refractivity (Wildman–Crippen MR) is 107 cm³/mol. The summed E-state index contributed by atoms with van der Waals surface area (Å²) in [6.45, 7) is 0.744. The molecule has 0 fully saturated rings. The molecule has 0 amide bonds. The van der Waals surface area contributed by atoms with Crippen LogP contribution in [0.3, 0.4) is 0 Å². The van der Waals surface area contributed by atoms with E-state index in [-0.39, 0.29) is 0 Å². The van der Waals surface area contributed by atoms with Crippen LogP contribution < -0.4 is 21.7 Å². The molecule has 2 aromatic carbocycles. The van der Waals surface area contributed by atoms with Gasteiger partial charge in [-0.05, 0) is 64.4 Å². The average Bonchev–Trinajstić information content (AvgIpc) is 3.04. The third-order valence-electron chi connectivity index (χ3n) is 3.98. The maximum atomic E-state index is 6.13. The fourth-order valence-electron chi connectivity index (χ4n) is 2.58. The van der Waals surface area contributed by atoms with E-state index in [0.29, 0.717) is 0 Å². The second-order valence-electron chi connectivity index (χ2n) is 5.95. The fraction of sp³-hybridized carbons (Fsp3) is 0.158. The molecule has 3 rings (SSSR count). The molecule has 1 heterocycles. The molecule has 0 atom stereocenters. The maximum Gasteiger partial charge on any atom is 0.0415 e. The Morgan fingerprint density at radius 3 is 2.42 bits per heavy atom. The largest absolute Gasteiger partial charge is 0.399 e. The molecule has 0 aliphatic rings. The molecule has 0 saturated heterocycles. The molecule has 0 saturated carbocycles. The van der Waals surface area contributed by atoms with Gasteiger partial charge in [0.15, 0.2) is 0 Å². The third-order valence-corrected chi connectivity index (χ3v) is 4.77. The number of rotatable bonds is 5. The molecule has 0 unspecified atom stereocenters. The van der Waals surface area contributed by atoms with Crippen LogP contribution in [0.2, 0.25) is 0 Å². The normalized spacial score (nSPS) is 10.6. The van der Waals surface area contributed by atoms with E-state index in [4.69, 9.17) is 11.5 Å². The highest BCUT2D eigenvalue weighted by Crippen LogP contribution is 2.33. The fourth-order valence-corrected chi connectivity index (χ4v) is 3.44. The van der Waals surface area contributed by atoms with E-state index in [1.807, 2.05) is 32.3 Å². The van der Waals surface area contributed by atoms with Crippen LogP contribution in [0.1, 0.15) is 5.56 Å². The first-order chi connectivity index (χ1) is 11.5. The summed E-state index contributed by atoms with van der Waals surface area (Å²) < 4.78 is 0. The molecule has 24 heavy (non-hydrogen) atoms. The van der Waals surface area contributed by atoms with Crippen LogP contribution >= 0.6 is 11.3 Å². The number of hydrogen-bond donors (Lipinski definition) is 3. The number of benzene rings is 2. The number of nitrogens with two attached hydrogens (primary N) is 2. The number of thiophene rings is 1. The van der Waals surface area contributed by atoms with Crippen molar-refractivity contribution in [3.8, 4) is 11.1 Å². The van der Waals surface area contributed by atoms with E-state index in [1.54, 1.807) is 11.3 Å². The zero-order chi connectivity index (χ0) is 17.1. The summed E-state index contributed by atoms with van der Waals surface area (Å²) >= 11 is 1.67. The first-order valence-corrected chi connectivity index (χ1v) is 8.70. The van der Waals surface area contributed by atoms with Gasteiger partial charge in [0.1, 0.15) is 0 Å². The lowest BCUT2D eigenvalue weighted by molar-refractivity contribution is 1.13. The number of nitrogen functional groups attached to an aromatic ring is 2. The van der Waals surface area contributed by atoms with Gasteiger partial charge in [0.2, 0.25) is 0 Å². The Kier molecular flexibility index (Phi) is 4.62. The van der Waals surface area contributed by atoms with Gasteiger partial charge in [0.25, 0.3) is 0 Å². The molecular weight excluding hydrogens is 316 g/mol. The molecule has 3 aromatic rings. The van der Waals surface area contributed by atoms with Crippen LogP contribution in [0.15, 0.2) is 53.2 Å².